The van der Waals surface area contributed by atoms with E-state index in [0.29, 0.717) is 5.56 Å². The van der Waals surface area contributed by atoms with Crippen molar-refractivity contribution < 1.29 is 14.3 Å². The predicted molar refractivity (Wildman–Crippen MR) is 99.1 cm³/mol. The van der Waals surface area contributed by atoms with Crippen LogP contribution < -0.4 is 0 Å². The van der Waals surface area contributed by atoms with Gasteiger partial charge in [-0.25, -0.2) is 4.79 Å². The van der Waals surface area contributed by atoms with E-state index in [9.17, 15) is 9.59 Å². The first-order valence-electron chi connectivity index (χ1n) is 9.55. The van der Waals surface area contributed by atoms with E-state index in [1.807, 2.05) is 24.3 Å². The van der Waals surface area contributed by atoms with Gasteiger partial charge in [0.25, 0.3) is 5.91 Å². The summed E-state index contributed by atoms with van der Waals surface area (Å²) in [5.74, 6) is -0.495. The maximum atomic E-state index is 13.0. The van der Waals surface area contributed by atoms with Gasteiger partial charge in [-0.3, -0.25) is 9.78 Å². The number of carbonyl (C=O) groups is 2. The summed E-state index contributed by atoms with van der Waals surface area (Å²) >= 11 is 0. The van der Waals surface area contributed by atoms with Crippen molar-refractivity contribution in [2.75, 3.05) is 13.1 Å². The second-order valence-corrected chi connectivity index (χ2v) is 7.22. The Balaban J connectivity index is 1.66. The van der Waals surface area contributed by atoms with Crippen LogP contribution in [0.1, 0.15) is 54.2 Å². The third-order valence-electron chi connectivity index (χ3n) is 5.42. The Hall–Kier alpha value is -2.43. The molecule has 0 radical (unpaired) electrons. The third kappa shape index (κ3) is 3.06. The molecule has 1 aromatic carbocycles. The Kier molecular flexibility index (Phi) is 4.62. The molecule has 1 aliphatic carbocycles. The molecule has 0 unspecified atom stereocenters. The van der Waals surface area contributed by atoms with Gasteiger partial charge in [-0.05, 0) is 57.1 Å². The lowest BCUT2D eigenvalue weighted by atomic mass is 9.90. The molecule has 4 rings (SSSR count). The molecule has 1 saturated heterocycles. The van der Waals surface area contributed by atoms with Crippen LogP contribution in [0.3, 0.4) is 0 Å². The molecule has 1 aromatic heterocycles. The normalized spacial score (nSPS) is 17.8. The molecule has 2 aromatic rings. The molecule has 0 N–H and O–H groups in total. The number of hydrogen-bond donors (Lipinski definition) is 0. The lowest BCUT2D eigenvalue weighted by Crippen LogP contribution is -2.38. The SMILES string of the molecule is C[C@@H](OC(=O)c1c2c(nc3ccccc13)CCCC2)C(=O)N1CCCC1. The summed E-state index contributed by atoms with van der Waals surface area (Å²) in [7, 11) is 0. The van der Waals surface area contributed by atoms with E-state index in [2.05, 4.69) is 0 Å². The average molecular weight is 352 g/mol. The second-order valence-electron chi connectivity index (χ2n) is 7.22. The highest BCUT2D eigenvalue weighted by molar-refractivity contribution is 6.05. The zero-order chi connectivity index (χ0) is 18.1. The molecule has 26 heavy (non-hydrogen) atoms. The number of benzene rings is 1. The van der Waals surface area contributed by atoms with Gasteiger partial charge in [-0.15, -0.1) is 0 Å². The molecule has 2 heterocycles. The average Bonchev–Trinajstić information content (AvgIpc) is 3.19. The van der Waals surface area contributed by atoms with Crippen molar-refractivity contribution in [3.05, 3.63) is 41.1 Å². The van der Waals surface area contributed by atoms with Crippen LogP contribution in [0.25, 0.3) is 10.9 Å². The molecule has 5 nitrogen and oxygen atoms in total. The predicted octanol–water partition coefficient (Wildman–Crippen LogP) is 3.28. The Bertz CT molecular complexity index is 856. The zero-order valence-electron chi connectivity index (χ0n) is 15.2. The van der Waals surface area contributed by atoms with Gasteiger partial charge in [0.05, 0.1) is 11.1 Å². The standard InChI is InChI=1S/C21H24N2O3/c1-14(20(24)23-12-6-7-13-23)26-21(25)19-15-8-2-4-10-17(15)22-18-11-5-3-9-16(18)19/h2,4,8,10,14H,3,5-7,9,11-13H2,1H3/t14-/m1/s1. The lowest BCUT2D eigenvalue weighted by Gasteiger charge is -2.23. The number of pyridine rings is 1. The molecule has 0 saturated carbocycles. The van der Waals surface area contributed by atoms with E-state index in [1.165, 1.54) is 0 Å². The number of fused-ring (bicyclic) bond motifs is 2. The molecule has 0 spiro atoms. The largest absolute Gasteiger partial charge is 0.449 e. The Morgan fingerprint density at radius 1 is 1.08 bits per heavy atom. The highest BCUT2D eigenvalue weighted by Crippen LogP contribution is 2.30. The van der Waals surface area contributed by atoms with Crippen LogP contribution >= 0.6 is 0 Å². The molecule has 0 bridgehead atoms. The van der Waals surface area contributed by atoms with E-state index in [4.69, 9.17) is 9.72 Å². The monoisotopic (exact) mass is 352 g/mol. The van der Waals surface area contributed by atoms with Crippen molar-refractivity contribution in [1.29, 1.82) is 0 Å². The van der Waals surface area contributed by atoms with E-state index >= 15 is 0 Å². The van der Waals surface area contributed by atoms with Crippen molar-refractivity contribution in [1.82, 2.24) is 9.88 Å². The zero-order valence-corrected chi connectivity index (χ0v) is 15.2. The summed E-state index contributed by atoms with van der Waals surface area (Å²) in [5.41, 5.74) is 3.42. The molecule has 5 heteroatoms. The van der Waals surface area contributed by atoms with Gasteiger partial charge in [-0.2, -0.15) is 0 Å². The summed E-state index contributed by atoms with van der Waals surface area (Å²) in [6.07, 6.45) is 5.16. The number of ether oxygens (including phenoxy) is 1. The van der Waals surface area contributed by atoms with E-state index in [1.54, 1.807) is 11.8 Å². The van der Waals surface area contributed by atoms with Gasteiger partial charge in [0.1, 0.15) is 0 Å². The van der Waals surface area contributed by atoms with Crippen LogP contribution in [0.15, 0.2) is 24.3 Å². The molecule has 1 aliphatic heterocycles. The number of amides is 1. The fourth-order valence-electron chi connectivity index (χ4n) is 4.07. The van der Waals surface area contributed by atoms with Gasteiger partial charge < -0.3 is 9.64 Å². The minimum Gasteiger partial charge on any atom is -0.449 e. The minimum absolute atomic E-state index is 0.0944. The van der Waals surface area contributed by atoms with Crippen molar-refractivity contribution >= 4 is 22.8 Å². The van der Waals surface area contributed by atoms with Crippen LogP contribution in [-0.2, 0) is 22.4 Å². The van der Waals surface area contributed by atoms with E-state index < -0.39 is 12.1 Å². The summed E-state index contributed by atoms with van der Waals surface area (Å²) < 4.78 is 5.63. The second kappa shape index (κ2) is 7.06. The Morgan fingerprint density at radius 3 is 2.62 bits per heavy atom. The van der Waals surface area contributed by atoms with Crippen molar-refractivity contribution in [3.63, 3.8) is 0 Å². The number of likely N-dealkylation sites (tertiary alicyclic amines) is 1. The first kappa shape index (κ1) is 17.0. The first-order valence-corrected chi connectivity index (χ1v) is 9.55. The number of rotatable bonds is 3. The Labute approximate surface area is 153 Å². The maximum Gasteiger partial charge on any atom is 0.339 e. The highest BCUT2D eigenvalue weighted by atomic mass is 16.5. The smallest absolute Gasteiger partial charge is 0.339 e. The molecular weight excluding hydrogens is 328 g/mol. The summed E-state index contributed by atoms with van der Waals surface area (Å²) in [6.45, 7) is 3.19. The number of hydrogen-bond acceptors (Lipinski definition) is 4. The third-order valence-corrected chi connectivity index (χ3v) is 5.42. The van der Waals surface area contributed by atoms with Crippen LogP contribution in [0.5, 0.6) is 0 Å². The van der Waals surface area contributed by atoms with E-state index in [-0.39, 0.29) is 5.91 Å². The topological polar surface area (TPSA) is 59.5 Å². The highest BCUT2D eigenvalue weighted by Gasteiger charge is 2.29. The minimum atomic E-state index is -0.758. The molecule has 1 amide bonds. The Morgan fingerprint density at radius 2 is 1.81 bits per heavy atom. The summed E-state index contributed by atoms with van der Waals surface area (Å²) in [5, 5.41) is 0.818. The summed E-state index contributed by atoms with van der Waals surface area (Å²) in [6, 6.07) is 7.69. The summed E-state index contributed by atoms with van der Waals surface area (Å²) in [4.78, 5) is 32.1. The number of aromatic nitrogens is 1. The van der Waals surface area contributed by atoms with Gasteiger partial charge >= 0.3 is 5.97 Å². The first-order chi connectivity index (χ1) is 12.6. The molecular formula is C21H24N2O3. The van der Waals surface area contributed by atoms with Crippen LogP contribution in [0.2, 0.25) is 0 Å². The van der Waals surface area contributed by atoms with Crippen LogP contribution in [-0.4, -0.2) is 41.0 Å². The van der Waals surface area contributed by atoms with E-state index in [0.717, 1.165) is 73.8 Å². The van der Waals surface area contributed by atoms with Crippen molar-refractivity contribution in [2.24, 2.45) is 0 Å². The van der Waals surface area contributed by atoms with Gasteiger partial charge in [-0.1, -0.05) is 18.2 Å². The number of para-hydroxylation sites is 1. The number of carbonyl (C=O) groups excluding carboxylic acids is 2. The molecule has 2 aliphatic rings. The van der Waals surface area contributed by atoms with Gasteiger partial charge in [0, 0.05) is 24.2 Å². The van der Waals surface area contributed by atoms with Crippen molar-refractivity contribution in [3.8, 4) is 0 Å². The van der Waals surface area contributed by atoms with Crippen molar-refractivity contribution in [2.45, 2.75) is 51.6 Å². The van der Waals surface area contributed by atoms with Crippen LogP contribution in [0, 0.1) is 0 Å². The molecule has 1 atom stereocenters. The van der Waals surface area contributed by atoms with Gasteiger partial charge in [0.15, 0.2) is 6.10 Å². The van der Waals surface area contributed by atoms with Gasteiger partial charge in [0.2, 0.25) is 0 Å². The molecule has 1 fully saturated rings. The molecule has 136 valence electrons. The maximum absolute atomic E-state index is 13.0. The number of aryl methyl sites for hydroxylation is 1. The number of nitrogens with zero attached hydrogens (tertiary/aromatic N) is 2. The fraction of sp³-hybridized carbons (Fsp3) is 0.476. The quantitative estimate of drug-likeness (QED) is 0.796. The van der Waals surface area contributed by atoms with Crippen LogP contribution in [0.4, 0.5) is 0 Å². The number of esters is 1. The fourth-order valence-corrected chi connectivity index (χ4v) is 4.07. The lowest BCUT2D eigenvalue weighted by molar-refractivity contribution is -0.138.